The van der Waals surface area contributed by atoms with Crippen LogP contribution in [0.5, 0.6) is 0 Å². The smallest absolute Gasteiger partial charge is 0.408 e. The number of anilines is 4. The van der Waals surface area contributed by atoms with Gasteiger partial charge in [-0.25, -0.2) is 26.8 Å². The molecule has 3 N–H and O–H groups in total. The third-order valence-electron chi connectivity index (χ3n) is 10.5. The highest BCUT2D eigenvalue weighted by atomic mass is 32.2. The van der Waals surface area contributed by atoms with Gasteiger partial charge in [-0.15, -0.1) is 0 Å². The number of nitrogens with zero attached hydrogens (tertiary/aromatic N) is 2. The van der Waals surface area contributed by atoms with Crippen LogP contribution >= 0.6 is 0 Å². The Hall–Kier alpha value is -4.60. The second-order valence-corrected chi connectivity index (χ2v) is 18.1. The van der Waals surface area contributed by atoms with E-state index in [0.29, 0.717) is 52.1 Å². The van der Waals surface area contributed by atoms with Crippen molar-refractivity contribution >= 4 is 61.7 Å². The topological polar surface area (TPSA) is 160 Å². The second kappa shape index (κ2) is 15.5. The fourth-order valence-corrected chi connectivity index (χ4v) is 7.99. The summed E-state index contributed by atoms with van der Waals surface area (Å²) in [4.78, 5) is 43.0. The molecule has 3 aromatic rings. The zero-order valence-corrected chi connectivity index (χ0v) is 32.8. The Morgan fingerprint density at radius 2 is 1.53 bits per heavy atom. The van der Waals surface area contributed by atoms with Crippen molar-refractivity contribution in [3.63, 3.8) is 0 Å². The summed E-state index contributed by atoms with van der Waals surface area (Å²) in [7, 11) is -4.02. The van der Waals surface area contributed by atoms with Crippen LogP contribution in [0.2, 0.25) is 0 Å². The van der Waals surface area contributed by atoms with Gasteiger partial charge in [0.15, 0.2) is 5.58 Å². The Labute approximate surface area is 320 Å². The van der Waals surface area contributed by atoms with Gasteiger partial charge in [-0.05, 0) is 94.2 Å². The van der Waals surface area contributed by atoms with Crippen molar-refractivity contribution in [2.75, 3.05) is 58.4 Å². The Morgan fingerprint density at radius 3 is 2.16 bits per heavy atom. The molecule has 0 bridgehead atoms. The minimum absolute atomic E-state index is 0.143. The summed E-state index contributed by atoms with van der Waals surface area (Å²) in [6.07, 6.45) is 4.47. The summed E-state index contributed by atoms with van der Waals surface area (Å²) in [5.74, 6) is -4.83. The van der Waals surface area contributed by atoms with Gasteiger partial charge in [0.1, 0.15) is 24.0 Å². The molecule has 16 heteroatoms. The van der Waals surface area contributed by atoms with Crippen LogP contribution in [0.25, 0.3) is 11.0 Å². The van der Waals surface area contributed by atoms with Crippen molar-refractivity contribution < 1.29 is 45.5 Å². The van der Waals surface area contributed by atoms with Gasteiger partial charge in [-0.2, -0.15) is 0 Å². The SMILES string of the molecule is CC(C)[C@H](NC(=O)OC(C)(C)C)C(=O)OCCS(=O)(=O)Nc1ccc(C(=O)Nc2cc(N3CCC(F)(F)CC3)c3occc3c2)c(N2CCC3(CC2)CC3)c1. The number of furan rings is 1. The number of carbonyl (C=O) groups excluding carboxylic acids is 3. The van der Waals surface area contributed by atoms with E-state index in [9.17, 15) is 31.6 Å². The van der Waals surface area contributed by atoms with E-state index in [2.05, 4.69) is 20.3 Å². The zero-order valence-electron chi connectivity index (χ0n) is 32.0. The third-order valence-corrected chi connectivity index (χ3v) is 11.7. The van der Waals surface area contributed by atoms with Gasteiger partial charge >= 0.3 is 12.1 Å². The number of sulfonamides is 1. The number of rotatable bonds is 12. The molecule has 1 saturated carbocycles. The first-order valence-corrected chi connectivity index (χ1v) is 20.5. The second-order valence-electron chi connectivity index (χ2n) is 16.3. The Balaban J connectivity index is 1.16. The first kappa shape index (κ1) is 40.1. The predicted molar refractivity (Wildman–Crippen MR) is 206 cm³/mol. The van der Waals surface area contributed by atoms with E-state index < -0.39 is 57.9 Å². The van der Waals surface area contributed by atoms with Crippen LogP contribution in [-0.4, -0.2) is 82.5 Å². The fraction of sp³-hybridized carbons (Fsp3) is 0.564. The number of esters is 1. The molecule has 6 rings (SSSR count). The van der Waals surface area contributed by atoms with E-state index in [4.69, 9.17) is 13.9 Å². The maximum Gasteiger partial charge on any atom is 0.408 e. The molecule has 3 heterocycles. The number of hydrogen-bond donors (Lipinski definition) is 3. The van der Waals surface area contributed by atoms with E-state index in [-0.39, 0.29) is 37.5 Å². The number of alkyl halides is 2. The first-order valence-electron chi connectivity index (χ1n) is 18.8. The van der Waals surface area contributed by atoms with Crippen molar-refractivity contribution in [3.05, 3.63) is 48.2 Å². The Bertz CT molecular complexity index is 2010. The number of benzene rings is 2. The Kier molecular flexibility index (Phi) is 11.3. The van der Waals surface area contributed by atoms with Gasteiger partial charge < -0.3 is 34.3 Å². The van der Waals surface area contributed by atoms with Gasteiger partial charge in [0.2, 0.25) is 10.0 Å². The average Bonchev–Trinajstić information content (AvgIpc) is 3.67. The van der Waals surface area contributed by atoms with E-state index in [1.807, 2.05) is 4.90 Å². The maximum absolute atomic E-state index is 14.0. The van der Waals surface area contributed by atoms with Crippen LogP contribution < -0.4 is 25.2 Å². The number of carbonyl (C=O) groups is 3. The molecular weight excluding hydrogens is 737 g/mol. The highest BCUT2D eigenvalue weighted by molar-refractivity contribution is 7.92. The minimum atomic E-state index is -4.02. The van der Waals surface area contributed by atoms with Crippen LogP contribution in [0.15, 0.2) is 47.1 Å². The molecule has 300 valence electrons. The standard InChI is InChI=1S/C39H51F2N5O8S/c1-25(2)32(43-36(49)54-37(3,4)5)35(48)53-20-21-55(50,51)44-27-6-7-29(30(23-27)45-15-11-38(9-10-38)12-16-45)34(47)42-28-22-26-8-19-52-33(26)31(24-28)46-17-13-39(40,41)14-18-46/h6-8,19,22-25,32,44H,9-18,20-21H2,1-5H3,(H,42,47)(H,43,49)/t32-/m0/s1. The average molecular weight is 788 g/mol. The lowest BCUT2D eigenvalue weighted by Crippen LogP contribution is -2.47. The van der Waals surface area contributed by atoms with Gasteiger partial charge in [-0.1, -0.05) is 13.8 Å². The quantitative estimate of drug-likeness (QED) is 0.161. The molecule has 2 aromatic carbocycles. The lowest BCUT2D eigenvalue weighted by atomic mass is 9.93. The molecular formula is C39H51F2N5O8S. The van der Waals surface area contributed by atoms with Crippen molar-refractivity contribution in [1.82, 2.24) is 5.32 Å². The van der Waals surface area contributed by atoms with Crippen LogP contribution in [0.3, 0.4) is 0 Å². The van der Waals surface area contributed by atoms with E-state index in [1.165, 1.54) is 25.2 Å². The molecule has 55 heavy (non-hydrogen) atoms. The van der Waals surface area contributed by atoms with Gasteiger partial charge in [0.25, 0.3) is 11.8 Å². The number of fused-ring (bicyclic) bond motifs is 1. The summed E-state index contributed by atoms with van der Waals surface area (Å²) in [5.41, 5.74) is 2.35. The number of amides is 2. The lowest BCUT2D eigenvalue weighted by Gasteiger charge is -2.35. The molecule has 2 aliphatic heterocycles. The van der Waals surface area contributed by atoms with E-state index >= 15 is 0 Å². The Morgan fingerprint density at radius 1 is 0.891 bits per heavy atom. The molecule has 13 nitrogen and oxygen atoms in total. The molecule has 1 aromatic heterocycles. The molecule has 2 amide bonds. The fourth-order valence-electron chi connectivity index (χ4n) is 7.10. The summed E-state index contributed by atoms with van der Waals surface area (Å²) in [6, 6.07) is 8.93. The van der Waals surface area contributed by atoms with Gasteiger partial charge in [0, 0.05) is 50.1 Å². The molecule has 3 fully saturated rings. The molecule has 1 atom stereocenters. The molecule has 0 unspecified atom stereocenters. The highest BCUT2D eigenvalue weighted by Crippen LogP contribution is 2.54. The minimum Gasteiger partial charge on any atom is -0.463 e. The van der Waals surface area contributed by atoms with E-state index in [0.717, 1.165) is 12.8 Å². The molecule has 3 aliphatic rings. The summed E-state index contributed by atoms with van der Waals surface area (Å²) < 4.78 is 73.1. The third kappa shape index (κ3) is 10.2. The molecule has 2 saturated heterocycles. The normalized spacial score (nSPS) is 18.5. The number of alkyl carbamates (subject to hydrolysis) is 1. The van der Waals surface area contributed by atoms with Crippen LogP contribution in [0, 0.1) is 11.3 Å². The van der Waals surface area contributed by atoms with Gasteiger partial charge in [0.05, 0.1) is 28.9 Å². The summed E-state index contributed by atoms with van der Waals surface area (Å²) >= 11 is 0. The largest absolute Gasteiger partial charge is 0.463 e. The van der Waals surface area contributed by atoms with Crippen molar-refractivity contribution in [2.24, 2.45) is 11.3 Å². The number of ether oxygens (including phenoxy) is 2. The van der Waals surface area contributed by atoms with E-state index in [1.54, 1.807) is 65.0 Å². The van der Waals surface area contributed by atoms with Crippen molar-refractivity contribution in [2.45, 2.75) is 90.7 Å². The van der Waals surface area contributed by atoms with Crippen molar-refractivity contribution in [1.29, 1.82) is 0 Å². The maximum atomic E-state index is 14.0. The number of halogens is 2. The van der Waals surface area contributed by atoms with Crippen LogP contribution in [-0.2, 0) is 24.3 Å². The number of nitrogens with one attached hydrogen (secondary N) is 3. The monoisotopic (exact) mass is 787 g/mol. The predicted octanol–water partition coefficient (Wildman–Crippen LogP) is 7.14. The van der Waals surface area contributed by atoms with Crippen LogP contribution in [0.4, 0.5) is 36.3 Å². The molecule has 1 aliphatic carbocycles. The summed E-state index contributed by atoms with van der Waals surface area (Å²) in [5, 5.41) is 6.19. The first-order chi connectivity index (χ1) is 25.8. The van der Waals surface area contributed by atoms with Crippen molar-refractivity contribution in [3.8, 4) is 0 Å². The number of piperidine rings is 2. The number of hydrogen-bond acceptors (Lipinski definition) is 10. The molecule has 1 spiro atoms. The lowest BCUT2D eigenvalue weighted by molar-refractivity contribution is -0.146. The highest BCUT2D eigenvalue weighted by Gasteiger charge is 2.45. The summed E-state index contributed by atoms with van der Waals surface area (Å²) in [6.45, 7) is 9.74. The van der Waals surface area contributed by atoms with Gasteiger partial charge in [-0.3, -0.25) is 9.52 Å². The van der Waals surface area contributed by atoms with Crippen LogP contribution in [0.1, 0.15) is 83.5 Å². The zero-order chi connectivity index (χ0) is 39.8. The molecule has 0 radical (unpaired) electrons.